The van der Waals surface area contributed by atoms with Crippen molar-refractivity contribution >= 4 is 28.6 Å². The molecule has 0 aliphatic carbocycles. The highest BCUT2D eigenvalue weighted by Gasteiger charge is 2.15. The van der Waals surface area contributed by atoms with E-state index in [4.69, 9.17) is 0 Å². The van der Waals surface area contributed by atoms with E-state index in [1.165, 1.54) is 17.9 Å². The van der Waals surface area contributed by atoms with Gasteiger partial charge in [-0.25, -0.2) is 4.98 Å². The van der Waals surface area contributed by atoms with Crippen molar-refractivity contribution in [2.45, 2.75) is 6.42 Å². The van der Waals surface area contributed by atoms with Crippen LogP contribution in [0.3, 0.4) is 0 Å². The lowest BCUT2D eigenvalue weighted by Crippen LogP contribution is -2.14. The Morgan fingerprint density at radius 1 is 1.29 bits per heavy atom. The van der Waals surface area contributed by atoms with Gasteiger partial charge >= 0.3 is 0 Å². The molecule has 1 aliphatic rings. The number of hydrogen-bond acceptors (Lipinski definition) is 4. The summed E-state index contributed by atoms with van der Waals surface area (Å²) in [6, 6.07) is 7.97. The molecule has 1 atom stereocenters. The van der Waals surface area contributed by atoms with Crippen molar-refractivity contribution in [3.63, 3.8) is 0 Å². The molecule has 2 aromatic rings. The fourth-order valence-corrected chi connectivity index (χ4v) is 3.32. The molecule has 3 nitrogen and oxygen atoms in total. The molecule has 1 fully saturated rings. The quantitative estimate of drug-likeness (QED) is 0.902. The first-order valence-electron chi connectivity index (χ1n) is 5.95. The van der Waals surface area contributed by atoms with Crippen LogP contribution in [-0.4, -0.2) is 28.0 Å². The van der Waals surface area contributed by atoms with E-state index in [0.717, 1.165) is 29.3 Å². The van der Waals surface area contributed by atoms with Crippen LogP contribution in [0.2, 0.25) is 0 Å². The van der Waals surface area contributed by atoms with Crippen molar-refractivity contribution < 1.29 is 0 Å². The molecule has 0 spiro atoms. The van der Waals surface area contributed by atoms with Crippen molar-refractivity contribution in [3.8, 4) is 0 Å². The molecule has 4 heteroatoms. The van der Waals surface area contributed by atoms with Gasteiger partial charge in [0.15, 0.2) is 0 Å². The number of para-hydroxylation sites is 2. The van der Waals surface area contributed by atoms with Gasteiger partial charge in [0, 0.05) is 6.54 Å². The summed E-state index contributed by atoms with van der Waals surface area (Å²) in [7, 11) is 0. The van der Waals surface area contributed by atoms with Crippen LogP contribution in [0, 0.1) is 5.92 Å². The molecule has 2 heterocycles. The van der Waals surface area contributed by atoms with Crippen LogP contribution in [0.5, 0.6) is 0 Å². The average molecular weight is 245 g/mol. The zero-order valence-electron chi connectivity index (χ0n) is 9.60. The minimum Gasteiger partial charge on any atom is -0.368 e. The van der Waals surface area contributed by atoms with Crippen molar-refractivity contribution in [3.05, 3.63) is 30.5 Å². The third kappa shape index (κ3) is 2.52. The van der Waals surface area contributed by atoms with Gasteiger partial charge in [0.25, 0.3) is 0 Å². The Bertz CT molecular complexity index is 509. The van der Waals surface area contributed by atoms with Crippen LogP contribution in [-0.2, 0) is 0 Å². The first kappa shape index (κ1) is 10.8. The number of nitrogens with zero attached hydrogens (tertiary/aromatic N) is 2. The van der Waals surface area contributed by atoms with Crippen LogP contribution in [0.4, 0.5) is 5.82 Å². The Morgan fingerprint density at radius 2 is 2.18 bits per heavy atom. The predicted octanol–water partition coefficient (Wildman–Crippen LogP) is 2.79. The molecule has 1 aliphatic heterocycles. The van der Waals surface area contributed by atoms with Crippen LogP contribution in [0.25, 0.3) is 11.0 Å². The SMILES string of the molecule is c1ccc2nc(NCC3CCSC3)cnc2c1. The normalized spacial score (nSPS) is 19.6. The first-order chi connectivity index (χ1) is 8.42. The number of benzene rings is 1. The highest BCUT2D eigenvalue weighted by atomic mass is 32.2. The summed E-state index contributed by atoms with van der Waals surface area (Å²) in [6.07, 6.45) is 3.14. The summed E-state index contributed by atoms with van der Waals surface area (Å²) in [5.41, 5.74) is 1.91. The number of thioether (sulfide) groups is 1. The second-order valence-electron chi connectivity index (χ2n) is 4.35. The lowest BCUT2D eigenvalue weighted by molar-refractivity contribution is 0.630. The molecular weight excluding hydrogens is 230 g/mol. The van der Waals surface area contributed by atoms with Gasteiger partial charge in [-0.3, -0.25) is 4.98 Å². The highest BCUT2D eigenvalue weighted by molar-refractivity contribution is 7.99. The molecular formula is C13H15N3S. The Labute approximate surface area is 105 Å². The Kier molecular flexibility index (Phi) is 3.14. The minimum atomic E-state index is 0.785. The van der Waals surface area contributed by atoms with Gasteiger partial charge in [0.2, 0.25) is 0 Å². The smallest absolute Gasteiger partial charge is 0.145 e. The maximum absolute atomic E-state index is 4.56. The predicted molar refractivity (Wildman–Crippen MR) is 73.5 cm³/mol. The van der Waals surface area contributed by atoms with Gasteiger partial charge in [-0.2, -0.15) is 11.8 Å². The van der Waals surface area contributed by atoms with Crippen LogP contribution in [0.15, 0.2) is 30.5 Å². The summed E-state index contributed by atoms with van der Waals surface area (Å²) >= 11 is 2.04. The topological polar surface area (TPSA) is 37.8 Å². The summed E-state index contributed by atoms with van der Waals surface area (Å²) in [5.74, 6) is 4.25. The van der Waals surface area contributed by atoms with E-state index in [1.807, 2.05) is 42.2 Å². The van der Waals surface area contributed by atoms with Crippen molar-refractivity contribution in [1.82, 2.24) is 9.97 Å². The second-order valence-corrected chi connectivity index (χ2v) is 5.50. The van der Waals surface area contributed by atoms with E-state index in [9.17, 15) is 0 Å². The minimum absolute atomic E-state index is 0.785. The Balaban J connectivity index is 1.72. The summed E-state index contributed by atoms with van der Waals surface area (Å²) in [6.45, 7) is 1.01. The maximum Gasteiger partial charge on any atom is 0.145 e. The van der Waals surface area contributed by atoms with E-state index >= 15 is 0 Å². The highest BCUT2D eigenvalue weighted by Crippen LogP contribution is 2.23. The number of anilines is 1. The van der Waals surface area contributed by atoms with Crippen molar-refractivity contribution in [2.75, 3.05) is 23.4 Å². The van der Waals surface area contributed by atoms with Gasteiger partial charge in [-0.1, -0.05) is 12.1 Å². The van der Waals surface area contributed by atoms with Gasteiger partial charge in [0.1, 0.15) is 5.82 Å². The van der Waals surface area contributed by atoms with Crippen molar-refractivity contribution in [2.24, 2.45) is 5.92 Å². The molecule has 0 radical (unpaired) electrons. The molecule has 1 aromatic heterocycles. The summed E-state index contributed by atoms with van der Waals surface area (Å²) in [5, 5.41) is 3.39. The molecule has 3 rings (SSSR count). The van der Waals surface area contributed by atoms with E-state index in [-0.39, 0.29) is 0 Å². The van der Waals surface area contributed by atoms with E-state index in [0.29, 0.717) is 0 Å². The molecule has 1 saturated heterocycles. The third-order valence-electron chi connectivity index (χ3n) is 3.04. The number of fused-ring (bicyclic) bond motifs is 1. The number of nitrogens with one attached hydrogen (secondary N) is 1. The van der Waals surface area contributed by atoms with Gasteiger partial charge in [0.05, 0.1) is 17.2 Å². The molecule has 1 unspecified atom stereocenters. The summed E-state index contributed by atoms with van der Waals surface area (Å²) in [4.78, 5) is 8.95. The van der Waals surface area contributed by atoms with Crippen LogP contribution < -0.4 is 5.32 Å². The largest absolute Gasteiger partial charge is 0.368 e. The molecule has 0 bridgehead atoms. The van der Waals surface area contributed by atoms with Gasteiger partial charge in [-0.05, 0) is 36.0 Å². The molecule has 88 valence electrons. The first-order valence-corrected chi connectivity index (χ1v) is 7.11. The molecule has 1 aromatic carbocycles. The zero-order chi connectivity index (χ0) is 11.5. The third-order valence-corrected chi connectivity index (χ3v) is 4.28. The van der Waals surface area contributed by atoms with E-state index in [2.05, 4.69) is 15.3 Å². The summed E-state index contributed by atoms with van der Waals surface area (Å²) < 4.78 is 0. The molecule has 0 saturated carbocycles. The van der Waals surface area contributed by atoms with E-state index < -0.39 is 0 Å². The Hall–Kier alpha value is -1.29. The molecule has 1 N–H and O–H groups in total. The molecule has 0 amide bonds. The standard InChI is InChI=1S/C13H15N3S/c1-2-4-12-11(3-1)14-8-13(16-12)15-7-10-5-6-17-9-10/h1-4,8,10H,5-7,9H2,(H,15,16). The fraction of sp³-hybridized carbons (Fsp3) is 0.385. The maximum atomic E-state index is 4.56. The lowest BCUT2D eigenvalue weighted by atomic mass is 10.1. The van der Waals surface area contributed by atoms with Gasteiger partial charge < -0.3 is 5.32 Å². The van der Waals surface area contributed by atoms with Crippen molar-refractivity contribution in [1.29, 1.82) is 0 Å². The average Bonchev–Trinajstić information content (AvgIpc) is 2.89. The monoisotopic (exact) mass is 245 g/mol. The molecule has 17 heavy (non-hydrogen) atoms. The number of hydrogen-bond donors (Lipinski definition) is 1. The Morgan fingerprint density at radius 3 is 3.00 bits per heavy atom. The van der Waals surface area contributed by atoms with Gasteiger partial charge in [-0.15, -0.1) is 0 Å². The zero-order valence-corrected chi connectivity index (χ0v) is 10.4. The second kappa shape index (κ2) is 4.92. The van der Waals surface area contributed by atoms with Crippen LogP contribution in [0.1, 0.15) is 6.42 Å². The van der Waals surface area contributed by atoms with E-state index in [1.54, 1.807) is 0 Å². The van der Waals surface area contributed by atoms with Crippen LogP contribution >= 0.6 is 11.8 Å². The number of rotatable bonds is 3. The lowest BCUT2D eigenvalue weighted by Gasteiger charge is -2.10. The number of aromatic nitrogens is 2. The fourth-order valence-electron chi connectivity index (χ4n) is 2.04.